The van der Waals surface area contributed by atoms with E-state index in [0.717, 1.165) is 0 Å². The van der Waals surface area contributed by atoms with Crippen LogP contribution in [0.2, 0.25) is 0 Å². The van der Waals surface area contributed by atoms with Crippen LogP contribution in [0.15, 0.2) is 47.4 Å². The lowest BCUT2D eigenvalue weighted by atomic mass is 10.3. The van der Waals surface area contributed by atoms with Crippen molar-refractivity contribution < 1.29 is 27.1 Å². The number of methoxy groups -OCH3 is 1. The van der Waals surface area contributed by atoms with Gasteiger partial charge in [-0.1, -0.05) is 0 Å². The Bertz CT molecular complexity index is 960. The second-order valence-corrected chi connectivity index (χ2v) is 8.20. The molecular formula is C19H22FN3O5S. The third kappa shape index (κ3) is 5.22. The fraction of sp³-hybridized carbons (Fsp3) is 0.316. The average Bonchev–Trinajstić information content (AvgIpc) is 2.74. The lowest BCUT2D eigenvalue weighted by Gasteiger charge is -2.26. The van der Waals surface area contributed by atoms with Gasteiger partial charge in [-0.05, 0) is 42.5 Å². The van der Waals surface area contributed by atoms with Crippen LogP contribution in [0.5, 0.6) is 5.75 Å². The number of hydrogen-bond acceptors (Lipinski definition) is 6. The van der Waals surface area contributed by atoms with E-state index >= 15 is 0 Å². The van der Waals surface area contributed by atoms with Crippen molar-refractivity contribution in [1.29, 1.82) is 0 Å². The van der Waals surface area contributed by atoms with E-state index in [9.17, 15) is 17.6 Å². The maximum Gasteiger partial charge on any atom is 0.246 e. The van der Waals surface area contributed by atoms with E-state index < -0.39 is 10.0 Å². The van der Waals surface area contributed by atoms with Crippen molar-refractivity contribution in [2.24, 2.45) is 0 Å². The predicted molar refractivity (Wildman–Crippen MR) is 106 cm³/mol. The van der Waals surface area contributed by atoms with Crippen LogP contribution in [0.3, 0.4) is 0 Å². The molecule has 10 heteroatoms. The molecule has 0 saturated carbocycles. The Hall–Kier alpha value is -2.69. The zero-order valence-corrected chi connectivity index (χ0v) is 16.7. The predicted octanol–water partition coefficient (Wildman–Crippen LogP) is 1.91. The Morgan fingerprint density at radius 2 is 1.79 bits per heavy atom. The molecule has 1 amide bonds. The summed E-state index contributed by atoms with van der Waals surface area (Å²) in [7, 11) is -2.41. The van der Waals surface area contributed by atoms with E-state index in [-0.39, 0.29) is 42.0 Å². The van der Waals surface area contributed by atoms with Crippen molar-refractivity contribution in [3.63, 3.8) is 0 Å². The summed E-state index contributed by atoms with van der Waals surface area (Å²) >= 11 is 0. The van der Waals surface area contributed by atoms with Crippen LogP contribution in [0, 0.1) is 5.82 Å². The molecule has 0 spiro atoms. The number of sulfonamides is 1. The zero-order valence-electron chi connectivity index (χ0n) is 15.9. The maximum absolute atomic E-state index is 13.0. The van der Waals surface area contributed by atoms with Gasteiger partial charge in [-0.2, -0.15) is 4.31 Å². The maximum atomic E-state index is 13.0. The highest BCUT2D eigenvalue weighted by molar-refractivity contribution is 7.89. The minimum Gasteiger partial charge on any atom is -0.495 e. The third-order valence-corrected chi connectivity index (χ3v) is 6.25. The summed E-state index contributed by atoms with van der Waals surface area (Å²) in [6.07, 6.45) is 0. The Labute approximate surface area is 168 Å². The number of benzene rings is 2. The van der Waals surface area contributed by atoms with E-state index in [1.54, 1.807) is 6.07 Å². The topological polar surface area (TPSA) is 97.0 Å². The molecule has 29 heavy (non-hydrogen) atoms. The molecule has 8 nitrogen and oxygen atoms in total. The van der Waals surface area contributed by atoms with Gasteiger partial charge in [-0.15, -0.1) is 0 Å². The van der Waals surface area contributed by atoms with Crippen LogP contribution in [-0.2, 0) is 19.6 Å². The minimum absolute atomic E-state index is 0.0220. The molecule has 0 atom stereocenters. The molecule has 0 bridgehead atoms. The molecule has 0 aliphatic carbocycles. The zero-order chi connectivity index (χ0) is 20.9. The van der Waals surface area contributed by atoms with Crippen LogP contribution in [0.4, 0.5) is 15.8 Å². The smallest absolute Gasteiger partial charge is 0.246 e. The van der Waals surface area contributed by atoms with Crippen molar-refractivity contribution in [3.05, 3.63) is 48.3 Å². The molecule has 3 rings (SSSR count). The van der Waals surface area contributed by atoms with Crippen LogP contribution in [0.25, 0.3) is 0 Å². The summed E-state index contributed by atoms with van der Waals surface area (Å²) in [6.45, 7) is 1.09. The van der Waals surface area contributed by atoms with Gasteiger partial charge >= 0.3 is 0 Å². The first-order chi connectivity index (χ1) is 13.9. The van der Waals surface area contributed by atoms with Crippen molar-refractivity contribution in [1.82, 2.24) is 4.31 Å². The minimum atomic E-state index is -3.80. The number of anilines is 2. The summed E-state index contributed by atoms with van der Waals surface area (Å²) in [5.41, 5.74) is 0.912. The highest BCUT2D eigenvalue weighted by Crippen LogP contribution is 2.30. The molecule has 0 unspecified atom stereocenters. The van der Waals surface area contributed by atoms with Crippen molar-refractivity contribution in [2.75, 3.05) is 50.6 Å². The number of nitrogens with one attached hydrogen (secondary N) is 2. The van der Waals surface area contributed by atoms with Gasteiger partial charge in [-0.3, -0.25) is 4.79 Å². The number of amides is 1. The van der Waals surface area contributed by atoms with E-state index in [4.69, 9.17) is 9.47 Å². The van der Waals surface area contributed by atoms with E-state index in [1.165, 1.54) is 47.8 Å². The van der Waals surface area contributed by atoms with E-state index in [1.807, 2.05) is 0 Å². The SMILES string of the molecule is COc1ccc(NC(=O)CNc2ccc(F)cc2)cc1S(=O)(=O)N1CCOCC1. The monoisotopic (exact) mass is 423 g/mol. The number of carbonyl (C=O) groups is 1. The quantitative estimate of drug-likeness (QED) is 0.706. The molecule has 0 radical (unpaired) electrons. The normalized spacial score (nSPS) is 15.0. The summed E-state index contributed by atoms with van der Waals surface area (Å²) in [5.74, 6) is -0.555. The Morgan fingerprint density at radius 3 is 2.45 bits per heavy atom. The van der Waals surface area contributed by atoms with Crippen LogP contribution in [-0.4, -0.2) is 58.6 Å². The van der Waals surface area contributed by atoms with Gasteiger partial charge in [0.1, 0.15) is 16.5 Å². The molecule has 2 aromatic rings. The van der Waals surface area contributed by atoms with Crippen LogP contribution < -0.4 is 15.4 Å². The summed E-state index contributed by atoms with van der Waals surface area (Å²) in [6, 6.07) is 10.0. The largest absolute Gasteiger partial charge is 0.495 e. The van der Waals surface area contributed by atoms with Crippen LogP contribution >= 0.6 is 0 Å². The molecule has 0 aromatic heterocycles. The van der Waals surface area contributed by atoms with E-state index in [2.05, 4.69) is 10.6 Å². The fourth-order valence-electron chi connectivity index (χ4n) is 2.84. The fourth-order valence-corrected chi connectivity index (χ4v) is 4.43. The van der Waals surface area contributed by atoms with Gasteiger partial charge < -0.3 is 20.1 Å². The van der Waals surface area contributed by atoms with Gasteiger partial charge in [0.05, 0.1) is 26.9 Å². The van der Waals surface area contributed by atoms with Gasteiger partial charge in [0.2, 0.25) is 15.9 Å². The summed E-state index contributed by atoms with van der Waals surface area (Å²) in [5, 5.41) is 5.52. The lowest BCUT2D eigenvalue weighted by Crippen LogP contribution is -2.40. The van der Waals surface area contributed by atoms with E-state index in [0.29, 0.717) is 24.6 Å². The number of ether oxygens (including phenoxy) is 2. The number of rotatable bonds is 7. The number of carbonyl (C=O) groups excluding carboxylic acids is 1. The van der Waals surface area contributed by atoms with Gasteiger partial charge in [-0.25, -0.2) is 12.8 Å². The van der Waals surface area contributed by atoms with Crippen molar-refractivity contribution in [2.45, 2.75) is 4.90 Å². The standard InChI is InChI=1S/C19H22FN3O5S/c1-27-17-7-6-16(12-18(17)29(25,26)23-8-10-28-11-9-23)22-19(24)13-21-15-4-2-14(20)3-5-15/h2-7,12,21H,8-11,13H2,1H3,(H,22,24). The molecule has 1 fully saturated rings. The molecule has 1 heterocycles. The average molecular weight is 423 g/mol. The highest BCUT2D eigenvalue weighted by atomic mass is 32.2. The molecule has 1 saturated heterocycles. The molecule has 2 aromatic carbocycles. The first-order valence-electron chi connectivity index (χ1n) is 8.95. The summed E-state index contributed by atoms with van der Waals surface area (Å²) < 4.78 is 50.6. The number of nitrogens with zero attached hydrogens (tertiary/aromatic N) is 1. The second kappa shape index (κ2) is 9.21. The molecule has 2 N–H and O–H groups in total. The Kier molecular flexibility index (Phi) is 6.68. The third-order valence-electron chi connectivity index (χ3n) is 4.33. The Morgan fingerprint density at radius 1 is 1.14 bits per heavy atom. The number of morpholine rings is 1. The second-order valence-electron chi connectivity index (χ2n) is 6.29. The highest BCUT2D eigenvalue weighted by Gasteiger charge is 2.29. The van der Waals surface area contributed by atoms with Crippen molar-refractivity contribution >= 4 is 27.3 Å². The van der Waals surface area contributed by atoms with Crippen molar-refractivity contribution in [3.8, 4) is 5.75 Å². The molecule has 1 aliphatic heterocycles. The molecule has 1 aliphatic rings. The van der Waals surface area contributed by atoms with Crippen LogP contribution in [0.1, 0.15) is 0 Å². The van der Waals surface area contributed by atoms with Gasteiger partial charge in [0.15, 0.2) is 0 Å². The summed E-state index contributed by atoms with van der Waals surface area (Å²) in [4.78, 5) is 12.2. The number of halogens is 1. The van der Waals surface area contributed by atoms with Gasteiger partial charge in [0, 0.05) is 24.5 Å². The first kappa shape index (κ1) is 21.0. The first-order valence-corrected chi connectivity index (χ1v) is 10.4. The molecule has 156 valence electrons. The number of hydrogen-bond donors (Lipinski definition) is 2. The Balaban J connectivity index is 1.72. The van der Waals surface area contributed by atoms with Gasteiger partial charge in [0.25, 0.3) is 0 Å². The lowest BCUT2D eigenvalue weighted by molar-refractivity contribution is -0.114. The molecular weight excluding hydrogens is 401 g/mol.